The topological polar surface area (TPSA) is 0 Å². The largest absolute Gasteiger partial charge is 0.206 e. The van der Waals surface area contributed by atoms with E-state index in [0.29, 0.717) is 23.6 Å². The van der Waals surface area contributed by atoms with E-state index in [2.05, 4.69) is 6.92 Å². The Balaban J connectivity index is 1.49. The van der Waals surface area contributed by atoms with Crippen LogP contribution < -0.4 is 0 Å². The molecule has 2 saturated carbocycles. The molecule has 162 valence electrons. The smallest absolute Gasteiger partial charge is 0.194 e. The highest BCUT2D eigenvalue weighted by Crippen LogP contribution is 2.44. The second-order valence-corrected chi connectivity index (χ2v) is 9.25. The fraction of sp³-hybridized carbons (Fsp3) is 0.520. The Hall–Kier alpha value is -1.91. The minimum Gasteiger partial charge on any atom is -0.206 e. The summed E-state index contributed by atoms with van der Waals surface area (Å²) in [6.07, 6.45) is 9.12. The second-order valence-electron chi connectivity index (χ2n) is 9.25. The highest BCUT2D eigenvalue weighted by molar-refractivity contribution is 5.65. The zero-order valence-electron chi connectivity index (χ0n) is 17.2. The molecule has 0 saturated heterocycles. The molecule has 0 unspecified atom stereocenters. The third kappa shape index (κ3) is 4.26. The van der Waals surface area contributed by atoms with E-state index in [1.165, 1.54) is 37.8 Å². The maximum absolute atomic E-state index is 14.7. The van der Waals surface area contributed by atoms with Crippen molar-refractivity contribution >= 4 is 0 Å². The maximum atomic E-state index is 14.7. The van der Waals surface area contributed by atoms with Gasteiger partial charge in [-0.3, -0.25) is 0 Å². The van der Waals surface area contributed by atoms with E-state index in [-0.39, 0.29) is 11.5 Å². The Morgan fingerprint density at radius 3 is 1.57 bits per heavy atom. The van der Waals surface area contributed by atoms with E-state index in [0.717, 1.165) is 37.5 Å². The van der Waals surface area contributed by atoms with Crippen LogP contribution in [0.4, 0.5) is 22.0 Å². The van der Waals surface area contributed by atoms with E-state index < -0.39 is 34.6 Å². The molecule has 2 aliphatic carbocycles. The molecule has 2 aromatic carbocycles. The van der Waals surface area contributed by atoms with Crippen LogP contribution in [-0.4, -0.2) is 0 Å². The molecule has 0 heterocycles. The number of hydrogen-bond acceptors (Lipinski definition) is 0. The molecule has 0 bridgehead atoms. The standard InChI is InChI=1S/C25H27F5/c1-14-2-4-15(5-3-14)16-6-8-17(9-7-16)18-10-20(26)24(21(27)11-18)19-12-22(28)25(30)23(29)13-19/h10-17H,2-9H2,1H3. The van der Waals surface area contributed by atoms with Gasteiger partial charge in [0.2, 0.25) is 0 Å². The Kier molecular flexibility index (Phi) is 6.17. The lowest BCUT2D eigenvalue weighted by molar-refractivity contribution is 0.165. The zero-order chi connectivity index (χ0) is 21.4. The van der Waals surface area contributed by atoms with E-state index >= 15 is 0 Å². The lowest BCUT2D eigenvalue weighted by Gasteiger charge is -2.37. The molecular formula is C25H27F5. The third-order valence-electron chi connectivity index (χ3n) is 7.31. The molecule has 0 aromatic heterocycles. The molecule has 0 atom stereocenters. The van der Waals surface area contributed by atoms with Gasteiger partial charge in [0.15, 0.2) is 17.5 Å². The van der Waals surface area contributed by atoms with Gasteiger partial charge in [0, 0.05) is 0 Å². The Bertz CT molecular complexity index is 860. The average Bonchev–Trinajstić information content (AvgIpc) is 2.72. The van der Waals surface area contributed by atoms with Crippen molar-refractivity contribution in [3.63, 3.8) is 0 Å². The average molecular weight is 422 g/mol. The lowest BCUT2D eigenvalue weighted by Crippen LogP contribution is -2.24. The summed E-state index contributed by atoms with van der Waals surface area (Å²) in [5, 5.41) is 0. The van der Waals surface area contributed by atoms with Crippen LogP contribution in [-0.2, 0) is 0 Å². The predicted molar refractivity (Wildman–Crippen MR) is 107 cm³/mol. The van der Waals surface area contributed by atoms with Gasteiger partial charge >= 0.3 is 0 Å². The van der Waals surface area contributed by atoms with E-state index in [9.17, 15) is 22.0 Å². The normalized spacial score (nSPS) is 27.3. The Labute approximate surface area is 174 Å². The highest BCUT2D eigenvalue weighted by Gasteiger charge is 2.31. The first-order valence-corrected chi connectivity index (χ1v) is 11.0. The monoisotopic (exact) mass is 422 g/mol. The van der Waals surface area contributed by atoms with Gasteiger partial charge in [-0.15, -0.1) is 0 Å². The van der Waals surface area contributed by atoms with Gasteiger partial charge in [-0.25, -0.2) is 22.0 Å². The predicted octanol–water partition coefficient (Wildman–Crippen LogP) is 8.15. The van der Waals surface area contributed by atoms with Crippen LogP contribution in [0, 0.1) is 46.8 Å². The fourth-order valence-corrected chi connectivity index (χ4v) is 5.49. The maximum Gasteiger partial charge on any atom is 0.194 e. The van der Waals surface area contributed by atoms with Gasteiger partial charge in [0.05, 0.1) is 5.56 Å². The van der Waals surface area contributed by atoms with Gasteiger partial charge in [-0.1, -0.05) is 19.8 Å². The van der Waals surface area contributed by atoms with Crippen LogP contribution in [0.1, 0.15) is 69.8 Å². The van der Waals surface area contributed by atoms with Crippen molar-refractivity contribution in [3.05, 3.63) is 58.9 Å². The van der Waals surface area contributed by atoms with Crippen LogP contribution in [0.2, 0.25) is 0 Å². The quantitative estimate of drug-likeness (QED) is 0.346. The molecule has 0 nitrogen and oxygen atoms in total. The molecule has 5 heteroatoms. The molecule has 4 rings (SSSR count). The van der Waals surface area contributed by atoms with Crippen molar-refractivity contribution in [1.29, 1.82) is 0 Å². The van der Waals surface area contributed by atoms with E-state index in [1.807, 2.05) is 0 Å². The molecule has 0 N–H and O–H groups in total. The lowest BCUT2D eigenvalue weighted by atomic mass is 9.68. The van der Waals surface area contributed by atoms with Crippen molar-refractivity contribution < 1.29 is 22.0 Å². The number of benzene rings is 2. The van der Waals surface area contributed by atoms with Crippen molar-refractivity contribution in [2.24, 2.45) is 17.8 Å². The minimum absolute atomic E-state index is 0.0866. The number of rotatable bonds is 3. The van der Waals surface area contributed by atoms with Crippen LogP contribution in [0.3, 0.4) is 0 Å². The Morgan fingerprint density at radius 1 is 0.600 bits per heavy atom. The Morgan fingerprint density at radius 2 is 1.07 bits per heavy atom. The van der Waals surface area contributed by atoms with Gasteiger partial charge < -0.3 is 0 Å². The molecular weight excluding hydrogens is 395 g/mol. The first-order chi connectivity index (χ1) is 14.3. The molecule has 0 radical (unpaired) electrons. The van der Waals surface area contributed by atoms with Crippen molar-refractivity contribution in [1.82, 2.24) is 0 Å². The molecule has 30 heavy (non-hydrogen) atoms. The SMILES string of the molecule is CC1CCC(C2CCC(c3cc(F)c(-c4cc(F)c(F)c(F)c4)c(F)c3)CC2)CC1. The first kappa shape index (κ1) is 21.3. The van der Waals surface area contributed by atoms with Gasteiger partial charge in [0.1, 0.15) is 11.6 Å². The summed E-state index contributed by atoms with van der Waals surface area (Å²) in [4.78, 5) is 0. The zero-order valence-corrected chi connectivity index (χ0v) is 17.2. The first-order valence-electron chi connectivity index (χ1n) is 11.0. The van der Waals surface area contributed by atoms with Crippen molar-refractivity contribution in [2.75, 3.05) is 0 Å². The molecule has 0 amide bonds. The summed E-state index contributed by atoms with van der Waals surface area (Å²) in [6, 6.07) is 3.78. The summed E-state index contributed by atoms with van der Waals surface area (Å²) in [7, 11) is 0. The fourth-order valence-electron chi connectivity index (χ4n) is 5.49. The molecule has 0 spiro atoms. The minimum atomic E-state index is -1.65. The summed E-state index contributed by atoms with van der Waals surface area (Å²) in [5.74, 6) is -3.95. The molecule has 0 aliphatic heterocycles. The summed E-state index contributed by atoms with van der Waals surface area (Å²) in [5.41, 5.74) is -0.280. The van der Waals surface area contributed by atoms with Crippen LogP contribution in [0.15, 0.2) is 24.3 Å². The summed E-state index contributed by atoms with van der Waals surface area (Å²) < 4.78 is 69.7. The highest BCUT2D eigenvalue weighted by atomic mass is 19.2. The van der Waals surface area contributed by atoms with Gasteiger partial charge in [0.25, 0.3) is 0 Å². The van der Waals surface area contributed by atoms with Crippen LogP contribution in [0.5, 0.6) is 0 Å². The van der Waals surface area contributed by atoms with E-state index in [4.69, 9.17) is 0 Å². The van der Waals surface area contributed by atoms with Crippen molar-refractivity contribution in [3.8, 4) is 11.1 Å². The van der Waals surface area contributed by atoms with Crippen LogP contribution in [0.25, 0.3) is 11.1 Å². The summed E-state index contributed by atoms with van der Waals surface area (Å²) in [6.45, 7) is 2.31. The molecule has 2 aliphatic rings. The number of hydrogen-bond donors (Lipinski definition) is 0. The van der Waals surface area contributed by atoms with Gasteiger partial charge in [-0.05, 0) is 97.6 Å². The van der Waals surface area contributed by atoms with Crippen molar-refractivity contribution in [2.45, 2.75) is 64.2 Å². The second kappa shape index (κ2) is 8.68. The third-order valence-corrected chi connectivity index (χ3v) is 7.31. The van der Waals surface area contributed by atoms with E-state index in [1.54, 1.807) is 0 Å². The molecule has 2 fully saturated rings. The number of halogens is 5. The summed E-state index contributed by atoms with van der Waals surface area (Å²) >= 11 is 0. The van der Waals surface area contributed by atoms with Gasteiger partial charge in [-0.2, -0.15) is 0 Å². The molecule has 2 aromatic rings. The van der Waals surface area contributed by atoms with Crippen LogP contribution >= 0.6 is 0 Å².